The van der Waals surface area contributed by atoms with Gasteiger partial charge in [-0.3, -0.25) is 0 Å². The molecule has 1 aromatic carbocycles. The van der Waals surface area contributed by atoms with Gasteiger partial charge >= 0.3 is 6.18 Å². The fourth-order valence-corrected chi connectivity index (χ4v) is 1.68. The minimum atomic E-state index is -4.63. The highest BCUT2D eigenvalue weighted by atomic mass is 19.4. The molecule has 0 unspecified atom stereocenters. The molecule has 0 saturated carbocycles. The molecule has 2 rings (SSSR count). The first kappa shape index (κ1) is 10.4. The maximum Gasteiger partial charge on any atom is 0.419 e. The van der Waals surface area contributed by atoms with Crippen LogP contribution in [0.1, 0.15) is 23.6 Å². The van der Waals surface area contributed by atoms with Crippen LogP contribution in [-0.2, 0) is 6.18 Å². The van der Waals surface area contributed by atoms with Crippen molar-refractivity contribution in [1.82, 2.24) is 5.32 Å². The van der Waals surface area contributed by atoms with Crippen LogP contribution in [0.25, 0.3) is 0 Å². The highest BCUT2D eigenvalue weighted by Crippen LogP contribution is 2.38. The van der Waals surface area contributed by atoms with Crippen molar-refractivity contribution in [3.63, 3.8) is 0 Å². The molecule has 1 N–H and O–H groups in total. The summed E-state index contributed by atoms with van der Waals surface area (Å²) in [5.41, 5.74) is -1.13. The average molecular weight is 219 g/mol. The summed E-state index contributed by atoms with van der Waals surface area (Å²) in [7, 11) is 0. The average Bonchev–Trinajstić information content (AvgIpc) is 1.97. The molecule has 1 atom stereocenters. The van der Waals surface area contributed by atoms with Crippen molar-refractivity contribution in [2.45, 2.75) is 18.6 Å². The summed E-state index contributed by atoms with van der Waals surface area (Å²) in [6, 6.07) is 3.10. The SMILES string of the molecule is Fc1cccc([C@H]2CCN2)c1C(F)(F)F. The molecule has 0 bridgehead atoms. The molecule has 5 heteroatoms. The standard InChI is InChI=1S/C10H9F4N/c11-7-3-1-2-6(8-4-5-15-8)9(7)10(12,13)14/h1-3,8,15H,4-5H2/t8-/m1/s1. The minimum absolute atomic E-state index is 0.00810. The highest BCUT2D eigenvalue weighted by molar-refractivity contribution is 5.34. The smallest absolute Gasteiger partial charge is 0.310 e. The predicted molar refractivity (Wildman–Crippen MR) is 46.8 cm³/mol. The Labute approximate surface area is 84.1 Å². The van der Waals surface area contributed by atoms with Gasteiger partial charge < -0.3 is 5.32 Å². The topological polar surface area (TPSA) is 12.0 Å². The Hall–Kier alpha value is -1.10. The number of hydrogen-bond acceptors (Lipinski definition) is 1. The lowest BCUT2D eigenvalue weighted by Gasteiger charge is -2.30. The third-order valence-electron chi connectivity index (χ3n) is 2.53. The molecule has 0 aliphatic carbocycles. The maximum atomic E-state index is 13.1. The van der Waals surface area contributed by atoms with Gasteiger partial charge in [0.05, 0.1) is 5.56 Å². The Morgan fingerprint density at radius 2 is 1.93 bits per heavy atom. The normalized spacial score (nSPS) is 21.2. The summed E-state index contributed by atoms with van der Waals surface area (Å²) in [6.07, 6.45) is -4.01. The predicted octanol–water partition coefficient (Wildman–Crippen LogP) is 2.88. The van der Waals surface area contributed by atoms with Crippen molar-refractivity contribution in [3.8, 4) is 0 Å². The monoisotopic (exact) mass is 219 g/mol. The molecule has 0 amide bonds. The summed E-state index contributed by atoms with van der Waals surface area (Å²) in [5.74, 6) is -1.20. The second-order valence-corrected chi connectivity index (χ2v) is 3.50. The zero-order chi connectivity index (χ0) is 11.1. The lowest BCUT2D eigenvalue weighted by atomic mass is 9.93. The van der Waals surface area contributed by atoms with Crippen molar-refractivity contribution in [1.29, 1.82) is 0 Å². The molecule has 1 aliphatic heterocycles. The highest BCUT2D eigenvalue weighted by Gasteiger charge is 2.39. The minimum Gasteiger partial charge on any atom is -0.310 e. The number of alkyl halides is 3. The van der Waals surface area contributed by atoms with Crippen molar-refractivity contribution >= 4 is 0 Å². The van der Waals surface area contributed by atoms with Gasteiger partial charge in [0.15, 0.2) is 0 Å². The first-order valence-corrected chi connectivity index (χ1v) is 4.59. The summed E-state index contributed by atoms with van der Waals surface area (Å²) in [6.45, 7) is 0.679. The second kappa shape index (κ2) is 3.48. The molecule has 0 spiro atoms. The summed E-state index contributed by atoms with van der Waals surface area (Å²) in [4.78, 5) is 0. The zero-order valence-electron chi connectivity index (χ0n) is 7.74. The van der Waals surface area contributed by atoms with Gasteiger partial charge in [-0.05, 0) is 24.6 Å². The van der Waals surface area contributed by atoms with Crippen LogP contribution in [0.3, 0.4) is 0 Å². The van der Waals surface area contributed by atoms with E-state index in [-0.39, 0.29) is 11.6 Å². The van der Waals surface area contributed by atoms with Gasteiger partial charge in [0.25, 0.3) is 0 Å². The van der Waals surface area contributed by atoms with E-state index in [9.17, 15) is 17.6 Å². The van der Waals surface area contributed by atoms with E-state index >= 15 is 0 Å². The van der Waals surface area contributed by atoms with E-state index in [4.69, 9.17) is 0 Å². The van der Waals surface area contributed by atoms with Crippen LogP contribution in [0, 0.1) is 5.82 Å². The molecule has 82 valence electrons. The zero-order valence-corrected chi connectivity index (χ0v) is 7.74. The summed E-state index contributed by atoms with van der Waals surface area (Å²) < 4.78 is 50.8. The molecule has 1 aliphatic rings. The Kier molecular flexibility index (Phi) is 2.42. The number of halogens is 4. The van der Waals surface area contributed by atoms with Gasteiger partial charge in [-0.2, -0.15) is 13.2 Å². The van der Waals surface area contributed by atoms with Crippen LogP contribution < -0.4 is 5.32 Å². The third kappa shape index (κ3) is 1.84. The lowest BCUT2D eigenvalue weighted by molar-refractivity contribution is -0.141. The first-order valence-electron chi connectivity index (χ1n) is 4.59. The molecule has 1 saturated heterocycles. The molecule has 15 heavy (non-hydrogen) atoms. The fraction of sp³-hybridized carbons (Fsp3) is 0.400. The molecular formula is C10H9F4N. The summed E-state index contributed by atoms with van der Waals surface area (Å²) >= 11 is 0. The van der Waals surface area contributed by atoms with Gasteiger partial charge in [0.1, 0.15) is 5.82 Å². The molecule has 0 radical (unpaired) electrons. The van der Waals surface area contributed by atoms with Crippen LogP contribution >= 0.6 is 0 Å². The van der Waals surface area contributed by atoms with Gasteiger partial charge in [-0.1, -0.05) is 12.1 Å². The largest absolute Gasteiger partial charge is 0.419 e. The number of nitrogens with one attached hydrogen (secondary N) is 1. The molecular weight excluding hydrogens is 210 g/mol. The maximum absolute atomic E-state index is 13.1. The van der Waals surface area contributed by atoms with Crippen molar-refractivity contribution in [3.05, 3.63) is 35.1 Å². The van der Waals surface area contributed by atoms with E-state index in [1.807, 2.05) is 0 Å². The number of hydrogen-bond donors (Lipinski definition) is 1. The number of benzene rings is 1. The Morgan fingerprint density at radius 1 is 1.27 bits per heavy atom. The molecule has 0 aromatic heterocycles. The van der Waals surface area contributed by atoms with Crippen molar-refractivity contribution in [2.24, 2.45) is 0 Å². The third-order valence-corrected chi connectivity index (χ3v) is 2.53. The van der Waals surface area contributed by atoms with E-state index in [1.165, 1.54) is 12.1 Å². The fourth-order valence-electron chi connectivity index (χ4n) is 1.68. The van der Waals surface area contributed by atoms with E-state index in [1.54, 1.807) is 0 Å². The van der Waals surface area contributed by atoms with Gasteiger partial charge in [0, 0.05) is 6.04 Å². The lowest BCUT2D eigenvalue weighted by Crippen LogP contribution is -2.36. The van der Waals surface area contributed by atoms with Crippen LogP contribution in [0.15, 0.2) is 18.2 Å². The first-order chi connectivity index (χ1) is 7.00. The van der Waals surface area contributed by atoms with E-state index in [0.29, 0.717) is 13.0 Å². The van der Waals surface area contributed by atoms with Gasteiger partial charge in [-0.25, -0.2) is 4.39 Å². The van der Waals surface area contributed by atoms with E-state index in [2.05, 4.69) is 5.32 Å². The van der Waals surface area contributed by atoms with Crippen molar-refractivity contribution in [2.75, 3.05) is 6.54 Å². The van der Waals surface area contributed by atoms with Crippen LogP contribution in [0.4, 0.5) is 17.6 Å². The number of rotatable bonds is 1. The molecule has 1 fully saturated rings. The quantitative estimate of drug-likeness (QED) is 0.716. The van der Waals surface area contributed by atoms with E-state index in [0.717, 1.165) is 6.07 Å². The summed E-state index contributed by atoms with van der Waals surface area (Å²) in [5, 5.41) is 2.83. The van der Waals surface area contributed by atoms with Gasteiger partial charge in [-0.15, -0.1) is 0 Å². The van der Waals surface area contributed by atoms with E-state index < -0.39 is 17.6 Å². The molecule has 1 heterocycles. The van der Waals surface area contributed by atoms with Crippen LogP contribution in [-0.4, -0.2) is 6.54 Å². The van der Waals surface area contributed by atoms with Crippen molar-refractivity contribution < 1.29 is 17.6 Å². The molecule has 1 nitrogen and oxygen atoms in total. The van der Waals surface area contributed by atoms with Gasteiger partial charge in [0.2, 0.25) is 0 Å². The Bertz CT molecular complexity index is 368. The Balaban J connectivity index is 2.48. The molecule has 1 aromatic rings. The van der Waals surface area contributed by atoms with Crippen LogP contribution in [0.5, 0.6) is 0 Å². The van der Waals surface area contributed by atoms with Crippen LogP contribution in [0.2, 0.25) is 0 Å². The second-order valence-electron chi connectivity index (χ2n) is 3.50. The Morgan fingerprint density at radius 3 is 2.40 bits per heavy atom.